The Kier molecular flexibility index (Phi) is 7.39. The summed E-state index contributed by atoms with van der Waals surface area (Å²) >= 11 is 0. The summed E-state index contributed by atoms with van der Waals surface area (Å²) in [5, 5.41) is 8.47. The predicted octanol–water partition coefficient (Wildman–Crippen LogP) is 8.40. The van der Waals surface area contributed by atoms with E-state index in [1.54, 1.807) is 7.11 Å². The first-order valence-corrected chi connectivity index (χ1v) is 13.9. The minimum Gasteiger partial charge on any atom is -0.399 e. The van der Waals surface area contributed by atoms with Gasteiger partial charge < -0.3 is 4.84 Å². The van der Waals surface area contributed by atoms with Crippen LogP contribution in [0.3, 0.4) is 0 Å². The van der Waals surface area contributed by atoms with Crippen molar-refractivity contribution in [2.24, 2.45) is 62.5 Å². The van der Waals surface area contributed by atoms with E-state index < -0.39 is 0 Å². The first-order valence-electron chi connectivity index (χ1n) is 13.9. The lowest BCUT2D eigenvalue weighted by atomic mass is 9.44. The van der Waals surface area contributed by atoms with Crippen LogP contribution in [0, 0.1) is 52.3 Å². The summed E-state index contributed by atoms with van der Waals surface area (Å²) in [5.74, 6) is 5.75. The molecule has 4 aliphatic rings. The summed E-state index contributed by atoms with van der Waals surface area (Å²) in [4.78, 5) is 8.31. The van der Waals surface area contributed by atoms with Gasteiger partial charge in [0.25, 0.3) is 0 Å². The van der Waals surface area contributed by atoms with E-state index in [1.807, 2.05) is 0 Å². The molecule has 0 bridgehead atoms. The molecule has 0 aliphatic heterocycles. The lowest BCUT2D eigenvalue weighted by Gasteiger charge is -2.61. The maximum absolute atomic E-state index is 9.21. The van der Waals surface area contributed by atoms with Gasteiger partial charge in [-0.1, -0.05) is 64.2 Å². The Hall–Kier alpha value is -1.22. The zero-order valence-corrected chi connectivity index (χ0v) is 22.1. The molecule has 4 saturated carbocycles. The highest BCUT2D eigenvalue weighted by Crippen LogP contribution is 2.68. The Bertz CT molecular complexity index is 774. The molecule has 0 amide bonds. The minimum atomic E-state index is -0.138. The van der Waals surface area contributed by atoms with Crippen molar-refractivity contribution in [1.29, 1.82) is 0 Å². The first kappa shape index (κ1) is 24.9. The van der Waals surface area contributed by atoms with Gasteiger partial charge in [-0.15, -0.1) is 0 Å². The van der Waals surface area contributed by atoms with Crippen LogP contribution in [0.15, 0.2) is 10.3 Å². The quantitative estimate of drug-likeness (QED) is 0.164. The van der Waals surface area contributed by atoms with Crippen LogP contribution in [-0.2, 0) is 4.84 Å². The number of hydrogen-bond donors (Lipinski definition) is 0. The number of oxime groups is 1. The summed E-state index contributed by atoms with van der Waals surface area (Å²) in [5.41, 5.74) is 11.0. The van der Waals surface area contributed by atoms with Crippen molar-refractivity contribution in [3.63, 3.8) is 0 Å². The molecule has 0 unspecified atom stereocenters. The number of nitrogens with zero attached hydrogens (tertiary/aromatic N) is 4. The molecule has 33 heavy (non-hydrogen) atoms. The maximum Gasteiger partial charge on any atom is 0.106 e. The topological polar surface area (TPSA) is 70.4 Å². The normalized spacial score (nSPS) is 44.5. The van der Waals surface area contributed by atoms with Gasteiger partial charge in [0.05, 0.1) is 11.8 Å². The Labute approximate surface area is 202 Å². The fraction of sp³-hybridized carbons (Fsp3) is 0.964. The molecule has 4 aliphatic carbocycles. The molecule has 0 aromatic rings. The summed E-state index contributed by atoms with van der Waals surface area (Å²) < 4.78 is 0. The van der Waals surface area contributed by atoms with Crippen LogP contribution in [0.2, 0.25) is 0 Å². The van der Waals surface area contributed by atoms with Gasteiger partial charge in [-0.25, -0.2) is 0 Å². The van der Waals surface area contributed by atoms with Crippen molar-refractivity contribution < 1.29 is 4.84 Å². The van der Waals surface area contributed by atoms with Gasteiger partial charge in [0.2, 0.25) is 0 Å². The molecule has 0 N–H and O–H groups in total. The molecule has 0 radical (unpaired) electrons. The zero-order valence-electron chi connectivity index (χ0n) is 22.1. The number of azide groups is 1. The van der Waals surface area contributed by atoms with Crippen molar-refractivity contribution in [2.75, 3.05) is 7.11 Å². The Morgan fingerprint density at radius 3 is 2.48 bits per heavy atom. The van der Waals surface area contributed by atoms with E-state index in [1.165, 1.54) is 57.8 Å². The maximum atomic E-state index is 9.21. The third-order valence-electron chi connectivity index (χ3n) is 11.1. The van der Waals surface area contributed by atoms with Gasteiger partial charge in [0.1, 0.15) is 7.11 Å². The van der Waals surface area contributed by atoms with E-state index in [4.69, 9.17) is 4.84 Å². The minimum absolute atomic E-state index is 0.138. The second-order valence-electron chi connectivity index (χ2n) is 13.1. The predicted molar refractivity (Wildman–Crippen MR) is 136 cm³/mol. The Morgan fingerprint density at radius 1 is 1.03 bits per heavy atom. The van der Waals surface area contributed by atoms with Crippen LogP contribution in [0.4, 0.5) is 0 Å². The van der Waals surface area contributed by atoms with E-state index in [2.05, 4.69) is 49.8 Å². The van der Waals surface area contributed by atoms with Gasteiger partial charge in [-0.05, 0) is 109 Å². The van der Waals surface area contributed by atoms with E-state index in [9.17, 15) is 5.53 Å². The van der Waals surface area contributed by atoms with Gasteiger partial charge in [-0.2, -0.15) is 0 Å². The van der Waals surface area contributed by atoms with Crippen molar-refractivity contribution in [3.05, 3.63) is 10.4 Å². The summed E-state index contributed by atoms with van der Waals surface area (Å²) in [6.45, 7) is 12.5. The van der Waals surface area contributed by atoms with E-state index in [-0.39, 0.29) is 11.5 Å². The van der Waals surface area contributed by atoms with Crippen LogP contribution >= 0.6 is 0 Å². The summed E-state index contributed by atoms with van der Waals surface area (Å²) in [6.07, 6.45) is 14.4. The van der Waals surface area contributed by atoms with Crippen LogP contribution in [0.5, 0.6) is 0 Å². The molecule has 0 saturated heterocycles. The largest absolute Gasteiger partial charge is 0.399 e. The van der Waals surface area contributed by atoms with Crippen LogP contribution in [-0.4, -0.2) is 18.9 Å². The molecule has 4 fully saturated rings. The molecule has 0 spiro atoms. The van der Waals surface area contributed by atoms with Crippen LogP contribution in [0.1, 0.15) is 105 Å². The molecular formula is C28H48N4O. The number of hydrogen-bond acceptors (Lipinski definition) is 3. The summed E-state index contributed by atoms with van der Waals surface area (Å²) in [7, 11) is 1.60. The Morgan fingerprint density at radius 2 is 1.79 bits per heavy atom. The second-order valence-corrected chi connectivity index (χ2v) is 13.1. The highest BCUT2D eigenvalue weighted by Gasteiger charge is 2.61. The molecule has 5 nitrogen and oxygen atoms in total. The highest BCUT2D eigenvalue weighted by molar-refractivity contribution is 5.90. The fourth-order valence-electron chi connectivity index (χ4n) is 9.52. The monoisotopic (exact) mass is 456 g/mol. The lowest BCUT2D eigenvalue weighted by Crippen LogP contribution is -2.55. The molecule has 5 heteroatoms. The fourth-order valence-corrected chi connectivity index (χ4v) is 9.52. The van der Waals surface area contributed by atoms with Crippen molar-refractivity contribution >= 4 is 5.71 Å². The van der Waals surface area contributed by atoms with Gasteiger partial charge in [-0.3, -0.25) is 0 Å². The smallest absolute Gasteiger partial charge is 0.106 e. The molecular weight excluding hydrogens is 408 g/mol. The third-order valence-corrected chi connectivity index (χ3v) is 11.1. The first-order chi connectivity index (χ1) is 15.7. The average Bonchev–Trinajstić information content (AvgIpc) is 3.11. The van der Waals surface area contributed by atoms with Crippen LogP contribution in [0.25, 0.3) is 10.4 Å². The Balaban J connectivity index is 1.51. The van der Waals surface area contributed by atoms with E-state index in [0.29, 0.717) is 11.3 Å². The summed E-state index contributed by atoms with van der Waals surface area (Å²) in [6, 6.07) is -0.138. The molecule has 4 rings (SSSR count). The van der Waals surface area contributed by atoms with Crippen molar-refractivity contribution in [2.45, 2.75) is 111 Å². The van der Waals surface area contributed by atoms with E-state index >= 15 is 0 Å². The SMILES string of the molecule is CO/N=C1\C[C@@H]2CC[C@@H]3[C@H](CC[C@]4(C)[C@@H]([C@H](C)CCCC(C)C)CC[C@@H]34)[C@@]2(C)C[C@H]1N=[N+]=[N-]. The van der Waals surface area contributed by atoms with Gasteiger partial charge >= 0.3 is 0 Å². The molecule has 186 valence electrons. The zero-order chi connectivity index (χ0) is 23.8. The second kappa shape index (κ2) is 9.80. The van der Waals surface area contributed by atoms with Crippen molar-refractivity contribution in [1.82, 2.24) is 0 Å². The number of rotatable bonds is 7. The number of fused-ring (bicyclic) bond motifs is 5. The van der Waals surface area contributed by atoms with Gasteiger partial charge in [0.15, 0.2) is 0 Å². The van der Waals surface area contributed by atoms with E-state index in [0.717, 1.165) is 54.1 Å². The van der Waals surface area contributed by atoms with Crippen LogP contribution < -0.4 is 0 Å². The standard InChI is InChI=1S/C28H48N4O/c1-18(2)8-7-9-19(3)22-12-13-23-21-11-10-20-16-25(31-33-6)26(30-32-29)17-28(20,5)24(21)14-15-27(22,23)4/h18-24,26H,7-17H2,1-6H3/b31-25+/t19-,20+,21+,22-,23+,24+,26-,27-,28+/m1/s1. The molecule has 0 heterocycles. The van der Waals surface area contributed by atoms with Gasteiger partial charge in [0, 0.05) is 4.91 Å². The molecule has 0 aromatic heterocycles. The molecule has 9 atom stereocenters. The molecule has 0 aromatic carbocycles. The highest BCUT2D eigenvalue weighted by atomic mass is 16.6. The third kappa shape index (κ3) is 4.44. The lowest BCUT2D eigenvalue weighted by molar-refractivity contribution is -0.107. The average molecular weight is 457 g/mol. The van der Waals surface area contributed by atoms with Crippen molar-refractivity contribution in [3.8, 4) is 0 Å².